The van der Waals surface area contributed by atoms with Gasteiger partial charge in [0.15, 0.2) is 11.5 Å². The summed E-state index contributed by atoms with van der Waals surface area (Å²) in [7, 11) is -4.60. The van der Waals surface area contributed by atoms with E-state index < -0.39 is 7.82 Å². The monoisotopic (exact) mass is 502 g/mol. The van der Waals surface area contributed by atoms with Crippen molar-refractivity contribution in [3.8, 4) is 45.1 Å². The SMILES string of the molecule is O=P1(O)Oc2c(-c3ccccn3)cc3ccccc3c2-c2c(c(-c3ccccn3)cc3ccccc23)O1. The summed E-state index contributed by atoms with van der Waals surface area (Å²) in [5, 5.41) is 3.62. The van der Waals surface area contributed by atoms with E-state index in [4.69, 9.17) is 9.05 Å². The molecule has 0 fully saturated rings. The average Bonchev–Trinajstić information content (AvgIpc) is 3.06. The molecule has 3 heterocycles. The van der Waals surface area contributed by atoms with E-state index in [-0.39, 0.29) is 11.5 Å². The molecule has 1 aliphatic heterocycles. The molecule has 1 aliphatic rings. The van der Waals surface area contributed by atoms with Crippen molar-refractivity contribution >= 4 is 29.4 Å². The van der Waals surface area contributed by atoms with Crippen molar-refractivity contribution in [2.24, 2.45) is 0 Å². The Bertz CT molecular complexity index is 1740. The molecule has 0 saturated heterocycles. The van der Waals surface area contributed by atoms with Gasteiger partial charge in [0.05, 0.1) is 11.4 Å². The number of fused-ring (bicyclic) bond motifs is 7. The van der Waals surface area contributed by atoms with Crippen LogP contribution in [0.15, 0.2) is 109 Å². The molecule has 7 heteroatoms. The van der Waals surface area contributed by atoms with Crippen LogP contribution in [0.4, 0.5) is 0 Å². The van der Waals surface area contributed by atoms with Crippen molar-refractivity contribution < 1.29 is 18.5 Å². The maximum absolute atomic E-state index is 13.5. The molecular formula is C30H19N2O4P. The zero-order valence-corrected chi connectivity index (χ0v) is 20.3. The van der Waals surface area contributed by atoms with Crippen molar-refractivity contribution in [2.75, 3.05) is 0 Å². The molecule has 4 aromatic carbocycles. The van der Waals surface area contributed by atoms with Gasteiger partial charge >= 0.3 is 7.82 Å². The molecular weight excluding hydrogens is 483 g/mol. The molecule has 37 heavy (non-hydrogen) atoms. The highest BCUT2D eigenvalue weighted by Gasteiger charge is 2.37. The van der Waals surface area contributed by atoms with Gasteiger partial charge in [0.2, 0.25) is 0 Å². The summed E-state index contributed by atoms with van der Waals surface area (Å²) in [4.78, 5) is 20.1. The molecule has 0 amide bonds. The van der Waals surface area contributed by atoms with Gasteiger partial charge in [0.25, 0.3) is 0 Å². The zero-order valence-electron chi connectivity index (χ0n) is 19.4. The van der Waals surface area contributed by atoms with E-state index in [0.717, 1.165) is 21.5 Å². The molecule has 0 atom stereocenters. The number of benzene rings is 4. The Balaban J connectivity index is 1.72. The summed E-state index contributed by atoms with van der Waals surface area (Å²) < 4.78 is 25.3. The van der Waals surface area contributed by atoms with Crippen molar-refractivity contribution in [1.82, 2.24) is 9.97 Å². The molecule has 0 aliphatic carbocycles. The lowest BCUT2D eigenvalue weighted by atomic mass is 9.87. The molecule has 7 rings (SSSR count). The summed E-state index contributed by atoms with van der Waals surface area (Å²) in [6.45, 7) is 0. The van der Waals surface area contributed by atoms with Crippen molar-refractivity contribution in [3.05, 3.63) is 109 Å². The number of rotatable bonds is 2. The van der Waals surface area contributed by atoms with Gasteiger partial charge in [0, 0.05) is 34.6 Å². The lowest BCUT2D eigenvalue weighted by Crippen LogP contribution is -2.00. The van der Waals surface area contributed by atoms with Crippen molar-refractivity contribution in [3.63, 3.8) is 0 Å². The Morgan fingerprint density at radius 2 is 1.03 bits per heavy atom. The smallest absolute Gasteiger partial charge is 0.394 e. The first-order valence-corrected chi connectivity index (χ1v) is 13.3. The lowest BCUT2D eigenvalue weighted by molar-refractivity contribution is 0.295. The van der Waals surface area contributed by atoms with E-state index >= 15 is 0 Å². The normalized spacial score (nSPS) is 13.8. The first-order chi connectivity index (χ1) is 18.1. The molecule has 178 valence electrons. The van der Waals surface area contributed by atoms with E-state index in [9.17, 15) is 9.46 Å². The summed E-state index contributed by atoms with van der Waals surface area (Å²) in [5.41, 5.74) is 3.81. The largest absolute Gasteiger partial charge is 0.584 e. The molecule has 0 radical (unpaired) electrons. The second kappa shape index (κ2) is 8.27. The van der Waals surface area contributed by atoms with Crippen LogP contribution in [0.2, 0.25) is 0 Å². The van der Waals surface area contributed by atoms with E-state index in [1.165, 1.54) is 0 Å². The maximum Gasteiger partial charge on any atom is 0.584 e. The predicted molar refractivity (Wildman–Crippen MR) is 144 cm³/mol. The molecule has 6 nitrogen and oxygen atoms in total. The van der Waals surface area contributed by atoms with Crippen LogP contribution in [0.25, 0.3) is 55.2 Å². The third-order valence-electron chi connectivity index (χ3n) is 6.55. The van der Waals surface area contributed by atoms with Crippen LogP contribution in [0.1, 0.15) is 0 Å². The van der Waals surface area contributed by atoms with Crippen LogP contribution in [0.3, 0.4) is 0 Å². The summed E-state index contributed by atoms with van der Waals surface area (Å²) in [5.74, 6) is 0.510. The Kier molecular flexibility index (Phi) is 4.86. The van der Waals surface area contributed by atoms with Crippen LogP contribution in [0, 0.1) is 0 Å². The molecule has 0 unspecified atom stereocenters. The van der Waals surface area contributed by atoms with Gasteiger partial charge in [-0.2, -0.15) is 0 Å². The highest BCUT2D eigenvalue weighted by Crippen LogP contribution is 2.61. The van der Waals surface area contributed by atoms with E-state index in [1.807, 2.05) is 97.1 Å². The molecule has 2 aromatic heterocycles. The minimum Gasteiger partial charge on any atom is -0.394 e. The number of pyridine rings is 2. The van der Waals surface area contributed by atoms with Crippen LogP contribution in [-0.2, 0) is 4.57 Å². The number of phosphoric ester groups is 1. The minimum absolute atomic E-state index is 0.255. The predicted octanol–water partition coefficient (Wildman–Crippen LogP) is 7.66. The van der Waals surface area contributed by atoms with Crippen LogP contribution >= 0.6 is 7.82 Å². The third-order valence-corrected chi connectivity index (χ3v) is 7.37. The highest BCUT2D eigenvalue weighted by molar-refractivity contribution is 7.48. The second-order valence-corrected chi connectivity index (χ2v) is 10.1. The van der Waals surface area contributed by atoms with Crippen LogP contribution in [0.5, 0.6) is 11.5 Å². The van der Waals surface area contributed by atoms with Gasteiger partial charge in [-0.1, -0.05) is 60.7 Å². The molecule has 0 saturated carbocycles. The van der Waals surface area contributed by atoms with Gasteiger partial charge in [-0.15, -0.1) is 0 Å². The zero-order chi connectivity index (χ0) is 25.0. The Morgan fingerprint density at radius 1 is 0.595 bits per heavy atom. The topological polar surface area (TPSA) is 81.5 Å². The third kappa shape index (κ3) is 3.58. The number of hydrogen-bond acceptors (Lipinski definition) is 5. The van der Waals surface area contributed by atoms with E-state index in [2.05, 4.69) is 9.97 Å². The van der Waals surface area contributed by atoms with E-state index in [1.54, 1.807) is 12.4 Å². The standard InChI is InChI=1S/C30H19N2O4P/c33-37(34)35-29-23(25-13-5-7-15-31-25)17-19-9-1-3-11-21(19)27(29)28-22-12-4-2-10-20(22)18-24(30(28)36-37)26-14-6-8-16-32-26/h1-18H,(H,33,34). The molecule has 0 spiro atoms. The number of hydrogen-bond donors (Lipinski definition) is 1. The van der Waals surface area contributed by atoms with Gasteiger partial charge in [-0.05, 0) is 57.9 Å². The summed E-state index contributed by atoms with van der Waals surface area (Å²) >= 11 is 0. The average molecular weight is 502 g/mol. The van der Waals surface area contributed by atoms with Gasteiger partial charge in [-0.25, -0.2) is 4.57 Å². The van der Waals surface area contributed by atoms with Crippen molar-refractivity contribution in [2.45, 2.75) is 0 Å². The fraction of sp³-hybridized carbons (Fsp3) is 0. The second-order valence-electron chi connectivity index (χ2n) is 8.78. The van der Waals surface area contributed by atoms with Crippen LogP contribution < -0.4 is 9.05 Å². The Morgan fingerprint density at radius 3 is 1.46 bits per heavy atom. The Hall–Kier alpha value is -4.51. The number of nitrogens with zero attached hydrogens (tertiary/aromatic N) is 2. The summed E-state index contributed by atoms with van der Waals surface area (Å²) in [6, 6.07) is 30.8. The van der Waals surface area contributed by atoms with Gasteiger partial charge < -0.3 is 9.05 Å². The fourth-order valence-corrected chi connectivity index (χ4v) is 5.90. The van der Waals surface area contributed by atoms with Crippen molar-refractivity contribution in [1.29, 1.82) is 0 Å². The highest BCUT2D eigenvalue weighted by atomic mass is 31.2. The number of phosphoric acid groups is 1. The fourth-order valence-electron chi connectivity index (χ4n) is 5.02. The molecule has 1 N–H and O–H groups in total. The van der Waals surface area contributed by atoms with Gasteiger partial charge in [0.1, 0.15) is 0 Å². The van der Waals surface area contributed by atoms with Crippen LogP contribution in [-0.4, -0.2) is 14.9 Å². The number of aromatic nitrogens is 2. The first-order valence-electron chi connectivity index (χ1n) is 11.8. The summed E-state index contributed by atoms with van der Waals surface area (Å²) in [6.07, 6.45) is 3.37. The minimum atomic E-state index is -4.60. The maximum atomic E-state index is 13.5. The quantitative estimate of drug-likeness (QED) is 0.245. The first kappa shape index (κ1) is 21.7. The molecule has 0 bridgehead atoms. The molecule has 6 aromatic rings. The van der Waals surface area contributed by atoms with E-state index in [0.29, 0.717) is 33.6 Å². The van der Waals surface area contributed by atoms with Gasteiger partial charge in [-0.3, -0.25) is 14.9 Å². The Labute approximate surface area is 212 Å². The lowest BCUT2D eigenvalue weighted by Gasteiger charge is -2.18.